The predicted molar refractivity (Wildman–Crippen MR) is 140 cm³/mol. The second-order valence-corrected chi connectivity index (χ2v) is 9.35. The number of anilines is 2. The molecule has 0 fully saturated rings. The van der Waals surface area contributed by atoms with Gasteiger partial charge in [0.1, 0.15) is 5.75 Å². The molecule has 2 aromatic carbocycles. The maximum absolute atomic E-state index is 13.9. The molecular formula is C25H34N4O5S. The Kier molecular flexibility index (Phi) is 9.93. The molecule has 190 valence electrons. The number of rotatable bonds is 14. The van der Waals surface area contributed by atoms with E-state index in [9.17, 15) is 14.7 Å². The van der Waals surface area contributed by atoms with Crippen molar-refractivity contribution >= 4 is 34.7 Å². The van der Waals surface area contributed by atoms with Crippen molar-refractivity contribution in [2.24, 2.45) is 0 Å². The minimum absolute atomic E-state index is 0.0305. The molecule has 0 amide bonds. The standard InChI is InChI=1S/C25H34N4O5S/c1-15(35-2)16-3-6-19(32)23-20(16)24(33)21-17(28-9-7-26-11-13-30)4-5-18(22(21)25(23)34)29-10-8-27-12-14-31/h3-6,15,26-32H,7-14H2,1-2H3. The Morgan fingerprint density at radius 1 is 0.743 bits per heavy atom. The molecule has 1 aliphatic rings. The quantitative estimate of drug-likeness (QED) is 0.162. The number of carbonyl (C=O) groups excluding carboxylic acids is 2. The molecule has 7 N–H and O–H groups in total. The van der Waals surface area contributed by atoms with Gasteiger partial charge in [0.25, 0.3) is 0 Å². The number of fused-ring (bicyclic) bond motifs is 2. The summed E-state index contributed by atoms with van der Waals surface area (Å²) in [7, 11) is 0. The lowest BCUT2D eigenvalue weighted by molar-refractivity contribution is 0.0977. The van der Waals surface area contributed by atoms with E-state index in [-0.39, 0.29) is 52.3 Å². The van der Waals surface area contributed by atoms with Gasteiger partial charge >= 0.3 is 0 Å². The van der Waals surface area contributed by atoms with E-state index >= 15 is 0 Å². The lowest BCUT2D eigenvalue weighted by atomic mass is 9.79. The zero-order valence-electron chi connectivity index (χ0n) is 20.1. The third-order valence-electron chi connectivity index (χ3n) is 5.93. The van der Waals surface area contributed by atoms with E-state index in [4.69, 9.17) is 10.2 Å². The molecule has 0 saturated carbocycles. The number of aromatic hydroxyl groups is 1. The Labute approximate surface area is 209 Å². The van der Waals surface area contributed by atoms with Crippen LogP contribution >= 0.6 is 11.8 Å². The van der Waals surface area contributed by atoms with E-state index in [1.165, 1.54) is 6.07 Å². The van der Waals surface area contributed by atoms with Gasteiger partial charge < -0.3 is 36.6 Å². The lowest BCUT2D eigenvalue weighted by Gasteiger charge is -2.27. The van der Waals surface area contributed by atoms with Crippen molar-refractivity contribution in [2.45, 2.75) is 12.2 Å². The molecule has 2 aromatic rings. The fourth-order valence-electron chi connectivity index (χ4n) is 4.15. The number of benzene rings is 2. The third-order valence-corrected chi connectivity index (χ3v) is 6.89. The number of hydrogen-bond donors (Lipinski definition) is 7. The molecule has 1 unspecified atom stereocenters. The maximum atomic E-state index is 13.9. The number of aliphatic hydroxyl groups is 2. The fraction of sp³-hybridized carbons (Fsp3) is 0.440. The molecule has 0 spiro atoms. The van der Waals surface area contributed by atoms with Crippen molar-refractivity contribution in [1.29, 1.82) is 0 Å². The number of thioether (sulfide) groups is 1. The van der Waals surface area contributed by atoms with Crippen LogP contribution in [0.1, 0.15) is 49.6 Å². The zero-order valence-corrected chi connectivity index (χ0v) is 20.9. The molecule has 35 heavy (non-hydrogen) atoms. The van der Waals surface area contributed by atoms with Gasteiger partial charge in [0, 0.05) is 61.5 Å². The summed E-state index contributed by atoms with van der Waals surface area (Å²) in [4.78, 5) is 27.7. The van der Waals surface area contributed by atoms with Crippen LogP contribution in [0, 0.1) is 0 Å². The largest absolute Gasteiger partial charge is 0.507 e. The summed E-state index contributed by atoms with van der Waals surface area (Å²) in [6, 6.07) is 6.74. The average Bonchev–Trinajstić information content (AvgIpc) is 2.86. The van der Waals surface area contributed by atoms with Gasteiger partial charge in [-0.2, -0.15) is 11.8 Å². The molecule has 0 aliphatic heterocycles. The van der Waals surface area contributed by atoms with Gasteiger partial charge in [-0.15, -0.1) is 0 Å². The highest BCUT2D eigenvalue weighted by molar-refractivity contribution is 7.98. The lowest BCUT2D eigenvalue weighted by Crippen LogP contribution is -2.29. The van der Waals surface area contributed by atoms with E-state index in [1.807, 2.05) is 13.2 Å². The normalized spacial score (nSPS) is 13.4. The molecule has 1 atom stereocenters. The van der Waals surface area contributed by atoms with Crippen molar-refractivity contribution < 1.29 is 24.9 Å². The minimum atomic E-state index is -0.393. The van der Waals surface area contributed by atoms with Gasteiger partial charge in [0.15, 0.2) is 11.6 Å². The van der Waals surface area contributed by atoms with Gasteiger partial charge in [-0.05, 0) is 36.9 Å². The third kappa shape index (κ3) is 5.96. The number of phenolic OH excluding ortho intramolecular Hbond substituents is 1. The molecular weight excluding hydrogens is 468 g/mol. The summed E-state index contributed by atoms with van der Waals surface area (Å²) >= 11 is 1.56. The number of hydrogen-bond acceptors (Lipinski definition) is 10. The van der Waals surface area contributed by atoms with E-state index in [0.717, 1.165) is 5.56 Å². The Morgan fingerprint density at radius 2 is 1.26 bits per heavy atom. The smallest absolute Gasteiger partial charge is 0.200 e. The molecule has 1 aliphatic carbocycles. The van der Waals surface area contributed by atoms with Gasteiger partial charge in [0.05, 0.1) is 29.9 Å². The number of nitrogens with one attached hydrogen (secondary N) is 4. The average molecular weight is 503 g/mol. The monoisotopic (exact) mass is 502 g/mol. The first-order valence-corrected chi connectivity index (χ1v) is 13.0. The maximum Gasteiger partial charge on any atom is 0.200 e. The van der Waals surface area contributed by atoms with Crippen LogP contribution in [0.4, 0.5) is 11.4 Å². The number of phenols is 1. The minimum Gasteiger partial charge on any atom is -0.507 e. The summed E-state index contributed by atoms with van der Waals surface area (Å²) in [5.41, 5.74) is 2.61. The Balaban J connectivity index is 2.04. The molecule has 3 rings (SSSR count). The summed E-state index contributed by atoms with van der Waals surface area (Å²) < 4.78 is 0. The summed E-state index contributed by atoms with van der Waals surface area (Å²) in [6.45, 7) is 5.06. The highest BCUT2D eigenvalue weighted by atomic mass is 32.2. The molecule has 9 nitrogen and oxygen atoms in total. The molecule has 0 radical (unpaired) electrons. The summed E-state index contributed by atoms with van der Waals surface area (Å²) in [5.74, 6) is -0.896. The fourth-order valence-corrected chi connectivity index (χ4v) is 4.60. The number of aliphatic hydroxyl groups excluding tert-OH is 2. The first-order valence-electron chi connectivity index (χ1n) is 11.7. The van der Waals surface area contributed by atoms with Crippen LogP contribution in [0.2, 0.25) is 0 Å². The second kappa shape index (κ2) is 12.9. The number of carbonyl (C=O) groups is 2. The molecule has 10 heteroatoms. The van der Waals surface area contributed by atoms with E-state index in [0.29, 0.717) is 50.6 Å². The van der Waals surface area contributed by atoms with Crippen LogP contribution in [0.5, 0.6) is 5.75 Å². The van der Waals surface area contributed by atoms with Gasteiger partial charge in [-0.3, -0.25) is 9.59 Å². The predicted octanol–water partition coefficient (Wildman–Crippen LogP) is 1.58. The van der Waals surface area contributed by atoms with Crippen LogP contribution in [0.3, 0.4) is 0 Å². The Hall–Kier alpha value is -2.63. The van der Waals surface area contributed by atoms with Crippen molar-refractivity contribution in [1.82, 2.24) is 10.6 Å². The van der Waals surface area contributed by atoms with Crippen LogP contribution < -0.4 is 21.3 Å². The molecule has 0 bridgehead atoms. The van der Waals surface area contributed by atoms with E-state index < -0.39 is 5.78 Å². The highest BCUT2D eigenvalue weighted by Crippen LogP contribution is 2.43. The van der Waals surface area contributed by atoms with Crippen molar-refractivity contribution in [3.05, 3.63) is 52.1 Å². The number of ketones is 2. The first kappa shape index (κ1) is 27.0. The Morgan fingerprint density at radius 3 is 1.74 bits per heavy atom. The molecule has 0 heterocycles. The molecule has 0 saturated heterocycles. The zero-order chi connectivity index (χ0) is 25.4. The van der Waals surface area contributed by atoms with Crippen LogP contribution in [0.15, 0.2) is 24.3 Å². The van der Waals surface area contributed by atoms with Crippen molar-refractivity contribution in [3.8, 4) is 5.75 Å². The van der Waals surface area contributed by atoms with Crippen LogP contribution in [-0.2, 0) is 0 Å². The van der Waals surface area contributed by atoms with Gasteiger partial charge in [-0.1, -0.05) is 6.07 Å². The topological polar surface area (TPSA) is 143 Å². The second-order valence-electron chi connectivity index (χ2n) is 8.17. The van der Waals surface area contributed by atoms with Crippen LogP contribution in [-0.4, -0.2) is 85.6 Å². The summed E-state index contributed by atoms with van der Waals surface area (Å²) in [6.07, 6.45) is 1.94. The summed E-state index contributed by atoms with van der Waals surface area (Å²) in [5, 5.41) is 41.1. The van der Waals surface area contributed by atoms with Gasteiger partial charge in [0.2, 0.25) is 0 Å². The van der Waals surface area contributed by atoms with Crippen molar-refractivity contribution in [3.63, 3.8) is 0 Å². The molecule has 0 aromatic heterocycles. The van der Waals surface area contributed by atoms with E-state index in [1.54, 1.807) is 30.0 Å². The first-order chi connectivity index (χ1) is 17.0. The van der Waals surface area contributed by atoms with Gasteiger partial charge in [-0.25, -0.2) is 0 Å². The van der Waals surface area contributed by atoms with Crippen molar-refractivity contribution in [2.75, 3.05) is 69.4 Å². The highest BCUT2D eigenvalue weighted by Gasteiger charge is 2.38. The van der Waals surface area contributed by atoms with Crippen LogP contribution in [0.25, 0.3) is 0 Å². The Bertz CT molecular complexity index is 1060. The SMILES string of the molecule is CSC(C)c1ccc(O)c2c1C(=O)c1c(NCCNCCO)ccc(NCCNCCO)c1C2=O. The van der Waals surface area contributed by atoms with E-state index in [2.05, 4.69) is 21.3 Å².